The summed E-state index contributed by atoms with van der Waals surface area (Å²) >= 11 is 1.12. The molecule has 0 radical (unpaired) electrons. The van der Waals surface area contributed by atoms with Crippen LogP contribution in [0, 0.1) is 35.4 Å². The summed E-state index contributed by atoms with van der Waals surface area (Å²) in [6, 6.07) is 5.48. The molecule has 4 N–H and O–H groups in total. The maximum Gasteiger partial charge on any atom is 0.141 e. The van der Waals surface area contributed by atoms with Gasteiger partial charge in [-0.1, -0.05) is 33.3 Å². The van der Waals surface area contributed by atoms with Gasteiger partial charge in [-0.2, -0.15) is 5.26 Å². The van der Waals surface area contributed by atoms with E-state index in [1.807, 2.05) is 0 Å². The van der Waals surface area contributed by atoms with E-state index in [1.54, 1.807) is 13.0 Å². The first kappa shape index (κ1) is 30.7. The van der Waals surface area contributed by atoms with E-state index in [0.29, 0.717) is 45.5 Å². The monoisotopic (exact) mass is 600 g/mol. The predicted molar refractivity (Wildman–Crippen MR) is 175 cm³/mol. The SMILES string of the molecule is CCC/C=C(/NC(=NCC(C)=N)c1c(C)c(CC)c(-c2ccc(F)c3sc(N)c(C#N)c23)c2c1COC2)N1CCC(C)C1. The van der Waals surface area contributed by atoms with Crippen LogP contribution in [-0.2, 0) is 24.4 Å². The number of nitrogen functional groups attached to an aromatic ring is 1. The molecule has 3 aromatic rings. The average Bonchev–Trinajstić information content (AvgIpc) is 3.71. The fourth-order valence-corrected chi connectivity index (χ4v) is 7.36. The van der Waals surface area contributed by atoms with Crippen molar-refractivity contribution in [2.45, 2.75) is 73.5 Å². The first-order valence-electron chi connectivity index (χ1n) is 15.2. The topological polar surface area (TPSA) is 111 Å². The predicted octanol–water partition coefficient (Wildman–Crippen LogP) is 7.42. The number of nitriles is 1. The van der Waals surface area contributed by atoms with Gasteiger partial charge >= 0.3 is 0 Å². The lowest BCUT2D eigenvalue weighted by Crippen LogP contribution is -2.36. The first-order valence-corrected chi connectivity index (χ1v) is 16.0. The molecule has 1 unspecified atom stereocenters. The number of halogens is 1. The minimum absolute atomic E-state index is 0.288. The van der Waals surface area contributed by atoms with Gasteiger partial charge in [-0.05, 0) is 84.6 Å². The Morgan fingerprint density at radius 3 is 2.74 bits per heavy atom. The second-order valence-electron chi connectivity index (χ2n) is 11.7. The van der Waals surface area contributed by atoms with Gasteiger partial charge in [0.25, 0.3) is 0 Å². The van der Waals surface area contributed by atoms with Crippen LogP contribution in [0.5, 0.6) is 0 Å². The molecule has 7 nitrogen and oxygen atoms in total. The minimum atomic E-state index is -0.375. The van der Waals surface area contributed by atoms with Crippen LogP contribution in [-0.4, -0.2) is 36.1 Å². The Kier molecular flexibility index (Phi) is 9.19. The molecule has 226 valence electrons. The third-order valence-electron chi connectivity index (χ3n) is 8.49. The summed E-state index contributed by atoms with van der Waals surface area (Å²) < 4.78 is 21.5. The van der Waals surface area contributed by atoms with Gasteiger partial charge in [0, 0.05) is 29.8 Å². The summed E-state index contributed by atoms with van der Waals surface area (Å²) in [5, 5.41) is 22.8. The molecule has 2 aliphatic rings. The van der Waals surface area contributed by atoms with Crippen molar-refractivity contribution in [3.63, 3.8) is 0 Å². The van der Waals surface area contributed by atoms with E-state index in [2.05, 4.69) is 50.1 Å². The normalized spacial score (nSPS) is 17.0. The third kappa shape index (κ3) is 5.78. The Hall–Kier alpha value is -3.74. The highest BCUT2D eigenvalue weighted by Gasteiger charge is 2.31. The van der Waals surface area contributed by atoms with E-state index in [9.17, 15) is 9.65 Å². The van der Waals surface area contributed by atoms with Gasteiger partial charge in [-0.3, -0.25) is 4.99 Å². The number of hydrogen-bond donors (Lipinski definition) is 3. The van der Waals surface area contributed by atoms with Crippen molar-refractivity contribution in [3.05, 3.63) is 63.2 Å². The second kappa shape index (κ2) is 12.9. The molecule has 1 aromatic heterocycles. The molecular formula is C34H41FN6OS. The molecule has 0 bridgehead atoms. The Morgan fingerprint density at radius 2 is 2.09 bits per heavy atom. The number of nitrogens with two attached hydrogens (primary N) is 1. The van der Waals surface area contributed by atoms with Crippen LogP contribution in [0.4, 0.5) is 9.39 Å². The van der Waals surface area contributed by atoms with Crippen molar-refractivity contribution >= 4 is 38.0 Å². The standard InChI is InChI=1S/C34H41FN6OS/c1-6-8-9-28(41-13-12-19(3)16-41)40-34(39-15-20(4)37)29-21(5)22(7-2)30(26-18-42-17-25(26)29)23-10-11-27(35)32-31(23)24(14-36)33(38)43-32/h9-11,19,37H,6-8,12-13,15-18,38H2,1-5H3,(H,39,40)/b28-9-,37-20?. The number of thiophene rings is 1. The zero-order valence-corrected chi connectivity index (χ0v) is 26.6. The Labute approximate surface area is 257 Å². The number of likely N-dealkylation sites (tertiary alicyclic amines) is 1. The van der Waals surface area contributed by atoms with Gasteiger partial charge in [-0.25, -0.2) is 4.39 Å². The van der Waals surface area contributed by atoms with Gasteiger partial charge in [0.1, 0.15) is 28.5 Å². The number of allylic oxidation sites excluding steroid dienone is 1. The molecule has 2 aliphatic heterocycles. The van der Waals surface area contributed by atoms with Gasteiger partial charge in [0.15, 0.2) is 0 Å². The van der Waals surface area contributed by atoms with E-state index in [0.717, 1.165) is 101 Å². The highest BCUT2D eigenvalue weighted by molar-refractivity contribution is 7.23. The highest BCUT2D eigenvalue weighted by atomic mass is 32.1. The second-order valence-corrected chi connectivity index (χ2v) is 12.7. The van der Waals surface area contributed by atoms with Crippen LogP contribution in [0.25, 0.3) is 21.2 Å². The fourth-order valence-electron chi connectivity index (χ4n) is 6.41. The molecule has 2 aromatic carbocycles. The highest BCUT2D eigenvalue weighted by Crippen LogP contribution is 2.46. The Balaban J connectivity index is 1.74. The number of ether oxygens (including phenoxy) is 1. The van der Waals surface area contributed by atoms with Crippen LogP contribution < -0.4 is 11.1 Å². The molecule has 1 saturated heterocycles. The molecule has 0 saturated carbocycles. The number of rotatable bonds is 9. The van der Waals surface area contributed by atoms with E-state index in [4.69, 9.17) is 20.9 Å². The van der Waals surface area contributed by atoms with Gasteiger partial charge in [-0.15, -0.1) is 11.3 Å². The Bertz CT molecular complexity index is 1680. The maximum absolute atomic E-state index is 15.0. The molecule has 0 amide bonds. The van der Waals surface area contributed by atoms with Crippen molar-refractivity contribution in [1.82, 2.24) is 10.2 Å². The summed E-state index contributed by atoms with van der Waals surface area (Å²) in [5.74, 6) is 2.06. The average molecular weight is 601 g/mol. The summed E-state index contributed by atoms with van der Waals surface area (Å²) in [6.45, 7) is 13.6. The smallest absolute Gasteiger partial charge is 0.141 e. The van der Waals surface area contributed by atoms with Crippen molar-refractivity contribution in [2.24, 2.45) is 10.9 Å². The van der Waals surface area contributed by atoms with Gasteiger partial charge in [0.05, 0.1) is 30.0 Å². The number of benzene rings is 2. The number of nitrogens with one attached hydrogen (secondary N) is 2. The number of unbranched alkanes of at least 4 members (excludes halogenated alkanes) is 1. The van der Waals surface area contributed by atoms with Gasteiger partial charge in [0.2, 0.25) is 0 Å². The third-order valence-corrected chi connectivity index (χ3v) is 9.52. The zero-order chi connectivity index (χ0) is 30.8. The number of aliphatic imine (C=N–C) groups is 1. The maximum atomic E-state index is 15.0. The molecule has 43 heavy (non-hydrogen) atoms. The van der Waals surface area contributed by atoms with E-state index < -0.39 is 0 Å². The van der Waals surface area contributed by atoms with Crippen LogP contribution in [0.3, 0.4) is 0 Å². The zero-order valence-electron chi connectivity index (χ0n) is 25.8. The van der Waals surface area contributed by atoms with E-state index >= 15 is 0 Å². The lowest BCUT2D eigenvalue weighted by atomic mass is 9.82. The molecule has 1 fully saturated rings. The molecule has 1 atom stereocenters. The van der Waals surface area contributed by atoms with Crippen molar-refractivity contribution in [3.8, 4) is 17.2 Å². The van der Waals surface area contributed by atoms with Crippen molar-refractivity contribution < 1.29 is 9.13 Å². The molecule has 3 heterocycles. The summed E-state index contributed by atoms with van der Waals surface area (Å²) in [5.41, 5.74) is 14.1. The number of nitrogens with zero attached hydrogens (tertiary/aromatic N) is 3. The van der Waals surface area contributed by atoms with Crippen molar-refractivity contribution in [2.75, 3.05) is 25.4 Å². The van der Waals surface area contributed by atoms with Crippen LogP contribution >= 0.6 is 11.3 Å². The number of anilines is 1. The number of fused-ring (bicyclic) bond motifs is 2. The fraction of sp³-hybridized carbons (Fsp3) is 0.441. The molecule has 9 heteroatoms. The molecular weight excluding hydrogens is 559 g/mol. The molecule has 5 rings (SSSR count). The lowest BCUT2D eigenvalue weighted by molar-refractivity contribution is 0.134. The lowest BCUT2D eigenvalue weighted by Gasteiger charge is -2.27. The summed E-state index contributed by atoms with van der Waals surface area (Å²) in [6.07, 6.45) is 6.14. The van der Waals surface area contributed by atoms with E-state index in [1.165, 1.54) is 6.07 Å². The molecule has 0 spiro atoms. The summed E-state index contributed by atoms with van der Waals surface area (Å²) in [4.78, 5) is 7.40. The minimum Gasteiger partial charge on any atom is -0.389 e. The van der Waals surface area contributed by atoms with Crippen LogP contribution in [0.1, 0.15) is 80.3 Å². The van der Waals surface area contributed by atoms with E-state index in [-0.39, 0.29) is 12.4 Å². The quantitative estimate of drug-likeness (QED) is 0.175. The number of hydrogen-bond acceptors (Lipinski definition) is 7. The largest absolute Gasteiger partial charge is 0.389 e. The van der Waals surface area contributed by atoms with Crippen LogP contribution in [0.15, 0.2) is 29.0 Å². The molecule has 0 aliphatic carbocycles. The summed E-state index contributed by atoms with van der Waals surface area (Å²) in [7, 11) is 0. The Morgan fingerprint density at radius 1 is 1.33 bits per heavy atom. The van der Waals surface area contributed by atoms with Gasteiger partial charge < -0.3 is 26.1 Å². The first-order chi connectivity index (χ1) is 20.7. The number of amidine groups is 1. The van der Waals surface area contributed by atoms with Crippen molar-refractivity contribution in [1.29, 1.82) is 10.7 Å². The van der Waals surface area contributed by atoms with Crippen LogP contribution in [0.2, 0.25) is 0 Å².